The molecular formula is C29H17N3O4S3. The Morgan fingerprint density at radius 2 is 1.15 bits per heavy atom. The molecule has 0 spiro atoms. The number of carboxylic acids is 2. The van der Waals surface area contributed by atoms with Gasteiger partial charge < -0.3 is 10.2 Å². The van der Waals surface area contributed by atoms with Gasteiger partial charge in [-0.15, -0.1) is 34.0 Å². The molecule has 10 heteroatoms. The number of hydrogen-bond acceptors (Lipinski definition) is 8. The fraction of sp³-hybridized carbons (Fsp3) is 0. The predicted molar refractivity (Wildman–Crippen MR) is 155 cm³/mol. The largest absolute Gasteiger partial charge is 0.478 e. The summed E-state index contributed by atoms with van der Waals surface area (Å²) in [7, 11) is 0. The fourth-order valence-electron chi connectivity index (χ4n) is 3.99. The Hall–Kier alpha value is -4.51. The van der Waals surface area contributed by atoms with Crippen LogP contribution in [-0.2, 0) is 0 Å². The van der Waals surface area contributed by atoms with Crippen molar-refractivity contribution in [3.05, 3.63) is 102 Å². The summed E-state index contributed by atoms with van der Waals surface area (Å²) in [5.41, 5.74) is 2.32. The van der Waals surface area contributed by atoms with Crippen molar-refractivity contribution in [1.29, 1.82) is 0 Å². The molecule has 0 aliphatic carbocycles. The number of aromatic nitrogens is 3. The fourth-order valence-corrected chi connectivity index (χ4v) is 6.92. The molecule has 6 aromatic rings. The summed E-state index contributed by atoms with van der Waals surface area (Å²) in [5.74, 6) is -2.24. The van der Waals surface area contributed by atoms with Gasteiger partial charge in [0.25, 0.3) is 0 Å². The summed E-state index contributed by atoms with van der Waals surface area (Å²) in [6.45, 7) is 0. The maximum absolute atomic E-state index is 11.9. The predicted octanol–water partition coefficient (Wildman–Crippen LogP) is 7.79. The Morgan fingerprint density at radius 3 is 1.79 bits per heavy atom. The molecule has 0 saturated heterocycles. The monoisotopic (exact) mass is 567 g/mol. The van der Waals surface area contributed by atoms with Crippen molar-refractivity contribution in [1.82, 2.24) is 15.0 Å². The van der Waals surface area contributed by atoms with Crippen molar-refractivity contribution in [2.24, 2.45) is 0 Å². The van der Waals surface area contributed by atoms with E-state index >= 15 is 0 Å². The second kappa shape index (κ2) is 10.3. The third-order valence-corrected chi connectivity index (χ3v) is 9.35. The van der Waals surface area contributed by atoms with Crippen molar-refractivity contribution in [2.75, 3.05) is 0 Å². The molecule has 6 aromatic heterocycles. The van der Waals surface area contributed by atoms with E-state index in [2.05, 4.69) is 56.7 Å². The number of nitrogens with zero attached hydrogens (tertiary/aromatic N) is 3. The first-order valence-electron chi connectivity index (χ1n) is 11.6. The minimum Gasteiger partial charge on any atom is -0.478 e. The minimum atomic E-state index is -1.13. The number of thiophene rings is 3. The van der Waals surface area contributed by atoms with Gasteiger partial charge in [-0.2, -0.15) is 0 Å². The van der Waals surface area contributed by atoms with Crippen LogP contribution in [0.5, 0.6) is 0 Å². The Labute approximate surface area is 234 Å². The molecule has 0 atom stereocenters. The summed E-state index contributed by atoms with van der Waals surface area (Å²) in [5, 5.41) is 21.1. The van der Waals surface area contributed by atoms with Crippen molar-refractivity contribution in [3.63, 3.8) is 0 Å². The average Bonchev–Trinajstić information content (AvgIpc) is 3.74. The van der Waals surface area contributed by atoms with E-state index in [-0.39, 0.29) is 22.5 Å². The van der Waals surface area contributed by atoms with Crippen molar-refractivity contribution >= 4 is 45.9 Å². The van der Waals surface area contributed by atoms with Crippen LogP contribution in [0.15, 0.2) is 90.6 Å². The van der Waals surface area contributed by atoms with Crippen LogP contribution in [0.2, 0.25) is 0 Å². The SMILES string of the molecule is O=C(O)c1ccnc(-c2cc(C(=O)O)cc(-c3cc(-c4ccc(-c5ccc(-c6cccs6)s5)s4)ccn3)n2)c1. The van der Waals surface area contributed by atoms with E-state index in [1.165, 1.54) is 45.1 Å². The summed E-state index contributed by atoms with van der Waals surface area (Å²) < 4.78 is 0. The van der Waals surface area contributed by atoms with Gasteiger partial charge in [0.05, 0.1) is 33.9 Å². The maximum atomic E-state index is 11.9. The first-order chi connectivity index (χ1) is 18.9. The first-order valence-corrected chi connectivity index (χ1v) is 14.1. The van der Waals surface area contributed by atoms with Gasteiger partial charge in [0.2, 0.25) is 0 Å². The molecule has 0 aromatic carbocycles. The Bertz CT molecular complexity index is 1840. The summed E-state index contributed by atoms with van der Waals surface area (Å²) in [6.07, 6.45) is 3.03. The van der Waals surface area contributed by atoms with E-state index in [0.717, 1.165) is 15.3 Å². The quantitative estimate of drug-likeness (QED) is 0.202. The number of rotatable bonds is 7. The molecule has 0 fully saturated rings. The lowest BCUT2D eigenvalue weighted by Crippen LogP contribution is -2.02. The van der Waals surface area contributed by atoms with Crippen LogP contribution in [0.1, 0.15) is 20.7 Å². The van der Waals surface area contributed by atoms with Crippen molar-refractivity contribution in [2.45, 2.75) is 0 Å². The molecule has 0 unspecified atom stereocenters. The molecule has 0 bridgehead atoms. The molecule has 2 N–H and O–H groups in total. The second-order valence-corrected chi connectivity index (χ2v) is 11.5. The standard InChI is InChI=1S/C29H17N3O4S3/c33-28(34)17-8-10-31-20(13-17)22-15-18(29(35)36)14-21(32-22)19-12-16(7-9-30-19)23-3-4-26(38-23)27-6-5-25(39-27)24-2-1-11-37-24/h1-15H,(H,33,34)(H,35,36). The number of carbonyl (C=O) groups is 2. The molecule has 0 radical (unpaired) electrons. The lowest BCUT2D eigenvalue weighted by Gasteiger charge is -2.08. The molecule has 0 amide bonds. The second-order valence-electron chi connectivity index (χ2n) is 8.40. The van der Waals surface area contributed by atoms with E-state index in [9.17, 15) is 19.8 Å². The lowest BCUT2D eigenvalue weighted by atomic mass is 10.1. The van der Waals surface area contributed by atoms with Gasteiger partial charge in [-0.1, -0.05) is 6.07 Å². The van der Waals surface area contributed by atoms with Gasteiger partial charge in [0.1, 0.15) is 0 Å². The number of carboxylic acid groups (broad SMARTS) is 2. The van der Waals surface area contributed by atoms with E-state index in [1.807, 2.05) is 12.1 Å². The maximum Gasteiger partial charge on any atom is 0.335 e. The van der Waals surface area contributed by atoms with Crippen LogP contribution >= 0.6 is 34.0 Å². The van der Waals surface area contributed by atoms with Crippen LogP contribution in [0, 0.1) is 0 Å². The van der Waals surface area contributed by atoms with Crippen LogP contribution in [0.4, 0.5) is 0 Å². The number of aromatic carboxylic acids is 2. The third-order valence-electron chi connectivity index (χ3n) is 5.87. The zero-order valence-corrected chi connectivity index (χ0v) is 22.4. The lowest BCUT2D eigenvalue weighted by molar-refractivity contribution is 0.0686. The van der Waals surface area contributed by atoms with E-state index in [0.29, 0.717) is 11.4 Å². The van der Waals surface area contributed by atoms with Gasteiger partial charge in [0, 0.05) is 36.8 Å². The topological polar surface area (TPSA) is 113 Å². The molecule has 7 nitrogen and oxygen atoms in total. The molecular weight excluding hydrogens is 551 g/mol. The Morgan fingerprint density at radius 1 is 0.590 bits per heavy atom. The van der Waals surface area contributed by atoms with Gasteiger partial charge in [0.15, 0.2) is 0 Å². The van der Waals surface area contributed by atoms with E-state index < -0.39 is 11.9 Å². The summed E-state index contributed by atoms with van der Waals surface area (Å²) in [6, 6.07) is 22.0. The molecule has 6 rings (SSSR count). The van der Waals surface area contributed by atoms with Crippen molar-refractivity contribution in [3.8, 4) is 52.7 Å². The van der Waals surface area contributed by atoms with Crippen molar-refractivity contribution < 1.29 is 19.8 Å². The number of hydrogen-bond donors (Lipinski definition) is 2. The zero-order chi connectivity index (χ0) is 26.9. The minimum absolute atomic E-state index is 0.00220. The molecule has 6 heterocycles. The van der Waals surface area contributed by atoms with E-state index in [4.69, 9.17) is 0 Å². The molecule has 0 aliphatic rings. The molecule has 0 saturated carbocycles. The van der Waals surface area contributed by atoms with Crippen LogP contribution in [-0.4, -0.2) is 37.1 Å². The summed E-state index contributed by atoms with van der Waals surface area (Å²) in [4.78, 5) is 42.5. The summed E-state index contributed by atoms with van der Waals surface area (Å²) >= 11 is 5.16. The van der Waals surface area contributed by atoms with Gasteiger partial charge in [-0.3, -0.25) is 9.97 Å². The smallest absolute Gasteiger partial charge is 0.335 e. The highest BCUT2D eigenvalue weighted by Crippen LogP contribution is 2.41. The average molecular weight is 568 g/mol. The first kappa shape index (κ1) is 24.8. The van der Waals surface area contributed by atoms with Crippen LogP contribution in [0.3, 0.4) is 0 Å². The highest BCUT2D eigenvalue weighted by Gasteiger charge is 2.16. The Kier molecular flexibility index (Phi) is 6.57. The van der Waals surface area contributed by atoms with Crippen LogP contribution < -0.4 is 0 Å². The van der Waals surface area contributed by atoms with Gasteiger partial charge in [-0.25, -0.2) is 14.6 Å². The van der Waals surface area contributed by atoms with Gasteiger partial charge >= 0.3 is 11.9 Å². The molecule has 39 heavy (non-hydrogen) atoms. The highest BCUT2D eigenvalue weighted by molar-refractivity contribution is 7.27. The Balaban J connectivity index is 1.35. The van der Waals surface area contributed by atoms with E-state index in [1.54, 1.807) is 40.2 Å². The van der Waals surface area contributed by atoms with Crippen LogP contribution in [0.25, 0.3) is 52.7 Å². The molecule has 190 valence electrons. The normalized spacial score (nSPS) is 11.0. The zero-order valence-electron chi connectivity index (χ0n) is 19.9. The number of pyridine rings is 3. The highest BCUT2D eigenvalue weighted by atomic mass is 32.1. The molecule has 0 aliphatic heterocycles. The third kappa shape index (κ3) is 5.13. The van der Waals surface area contributed by atoms with Gasteiger partial charge in [-0.05, 0) is 77.7 Å².